The van der Waals surface area contributed by atoms with E-state index in [9.17, 15) is 4.79 Å². The van der Waals surface area contributed by atoms with Crippen LogP contribution in [-0.2, 0) is 0 Å². The van der Waals surface area contributed by atoms with Crippen molar-refractivity contribution in [2.45, 2.75) is 31.7 Å². The van der Waals surface area contributed by atoms with E-state index in [2.05, 4.69) is 11.9 Å². The summed E-state index contributed by atoms with van der Waals surface area (Å²) in [7, 11) is 2.15. The van der Waals surface area contributed by atoms with E-state index in [1.165, 1.54) is 19.3 Å². The number of benzene rings is 1. The zero-order valence-corrected chi connectivity index (χ0v) is 13.1. The first-order valence-electron chi connectivity index (χ1n) is 6.89. The van der Waals surface area contributed by atoms with Crippen molar-refractivity contribution in [3.8, 4) is 5.75 Å². The van der Waals surface area contributed by atoms with Gasteiger partial charge in [-0.15, -0.1) is 0 Å². The van der Waals surface area contributed by atoms with Crippen molar-refractivity contribution in [3.63, 3.8) is 0 Å². The summed E-state index contributed by atoms with van der Waals surface area (Å²) in [5.41, 5.74) is 0.402. The highest BCUT2D eigenvalue weighted by atomic mass is 35.5. The van der Waals surface area contributed by atoms with E-state index < -0.39 is 0 Å². The molecule has 20 heavy (non-hydrogen) atoms. The van der Waals surface area contributed by atoms with Crippen molar-refractivity contribution in [3.05, 3.63) is 27.7 Å². The lowest BCUT2D eigenvalue weighted by Gasteiger charge is -2.32. The molecule has 0 aliphatic carbocycles. The largest absolute Gasteiger partial charge is 0.491 e. The van der Waals surface area contributed by atoms with Crippen LogP contribution in [0.3, 0.4) is 0 Å². The molecule has 1 heterocycles. The number of hydrogen-bond acceptors (Lipinski definition) is 3. The number of carbonyl (C=O) groups is 1. The third kappa shape index (κ3) is 3.87. The van der Waals surface area contributed by atoms with Gasteiger partial charge in [0.2, 0.25) is 0 Å². The molecule has 0 spiro atoms. The number of hydrogen-bond donors (Lipinski definition) is 0. The molecule has 1 fully saturated rings. The zero-order valence-electron chi connectivity index (χ0n) is 11.6. The van der Waals surface area contributed by atoms with Crippen molar-refractivity contribution < 1.29 is 9.53 Å². The molecule has 0 radical (unpaired) electrons. The van der Waals surface area contributed by atoms with Crippen molar-refractivity contribution in [2.75, 3.05) is 20.2 Å². The molecule has 0 aromatic heterocycles. The molecule has 110 valence electrons. The first-order chi connectivity index (χ1) is 9.61. The van der Waals surface area contributed by atoms with E-state index in [1.54, 1.807) is 12.1 Å². The Hall–Kier alpha value is -0.770. The smallest absolute Gasteiger partial charge is 0.153 e. The number of carbonyl (C=O) groups excluding carboxylic acids is 1. The first kappa shape index (κ1) is 15.6. The highest BCUT2D eigenvalue weighted by Gasteiger charge is 2.19. The lowest BCUT2D eigenvalue weighted by Crippen LogP contribution is -2.37. The Bertz CT molecular complexity index is 479. The maximum Gasteiger partial charge on any atom is 0.153 e. The van der Waals surface area contributed by atoms with Crippen LogP contribution in [-0.4, -0.2) is 37.4 Å². The second kappa shape index (κ2) is 7.30. The highest BCUT2D eigenvalue weighted by molar-refractivity contribution is 6.36. The highest BCUT2D eigenvalue weighted by Crippen LogP contribution is 2.31. The van der Waals surface area contributed by atoms with Gasteiger partial charge >= 0.3 is 0 Å². The molecule has 2 rings (SSSR count). The van der Waals surface area contributed by atoms with Gasteiger partial charge in [0, 0.05) is 11.1 Å². The molecule has 1 aromatic carbocycles. The van der Waals surface area contributed by atoms with Crippen LogP contribution in [0.25, 0.3) is 0 Å². The number of piperidine rings is 1. The number of rotatable bonds is 5. The molecule has 0 saturated carbocycles. The van der Waals surface area contributed by atoms with Crippen LogP contribution in [0.2, 0.25) is 10.0 Å². The average molecular weight is 316 g/mol. The lowest BCUT2D eigenvalue weighted by atomic mass is 10.0. The summed E-state index contributed by atoms with van der Waals surface area (Å²) < 4.78 is 5.72. The van der Waals surface area contributed by atoms with E-state index in [-0.39, 0.29) is 0 Å². The van der Waals surface area contributed by atoms with Gasteiger partial charge in [-0.1, -0.05) is 29.6 Å². The normalized spacial score (nSPS) is 19.9. The van der Waals surface area contributed by atoms with Gasteiger partial charge in [0.1, 0.15) is 5.75 Å². The average Bonchev–Trinajstić information content (AvgIpc) is 2.42. The van der Waals surface area contributed by atoms with Crippen LogP contribution in [0.5, 0.6) is 5.75 Å². The molecule has 1 aliphatic heterocycles. The Labute approximate surface area is 129 Å². The monoisotopic (exact) mass is 315 g/mol. The second-order valence-electron chi connectivity index (χ2n) is 5.19. The van der Waals surface area contributed by atoms with Crippen LogP contribution in [0.4, 0.5) is 0 Å². The summed E-state index contributed by atoms with van der Waals surface area (Å²) in [5.74, 6) is 0.435. The van der Waals surface area contributed by atoms with Crippen LogP contribution in [0.15, 0.2) is 12.1 Å². The fourth-order valence-electron chi connectivity index (χ4n) is 2.63. The molecular formula is C15H19Cl2NO2. The fourth-order valence-corrected chi connectivity index (χ4v) is 3.19. The van der Waals surface area contributed by atoms with E-state index in [4.69, 9.17) is 27.9 Å². The van der Waals surface area contributed by atoms with Crippen molar-refractivity contribution >= 4 is 29.5 Å². The van der Waals surface area contributed by atoms with Gasteiger partial charge in [-0.25, -0.2) is 0 Å². The number of nitrogens with zero attached hydrogens (tertiary/aromatic N) is 1. The topological polar surface area (TPSA) is 29.5 Å². The Morgan fingerprint density at radius 3 is 2.90 bits per heavy atom. The Morgan fingerprint density at radius 1 is 1.40 bits per heavy atom. The van der Waals surface area contributed by atoms with Gasteiger partial charge in [0.25, 0.3) is 0 Å². The van der Waals surface area contributed by atoms with Gasteiger partial charge in [0.05, 0.1) is 17.2 Å². The standard InChI is InChI=1S/C15H19Cl2NO2/c1-18-6-3-2-4-13(18)5-7-20-15-11(10-19)8-12(16)9-14(15)17/h8-10,13H,2-7H2,1H3. The third-order valence-corrected chi connectivity index (χ3v) is 4.28. The van der Waals surface area contributed by atoms with E-state index in [0.29, 0.717) is 34.0 Å². The van der Waals surface area contributed by atoms with E-state index >= 15 is 0 Å². The summed E-state index contributed by atoms with van der Waals surface area (Å²) >= 11 is 12.0. The molecule has 1 atom stereocenters. The number of likely N-dealkylation sites (tertiary alicyclic amines) is 1. The minimum Gasteiger partial charge on any atom is -0.491 e. The van der Waals surface area contributed by atoms with Gasteiger partial charge in [-0.3, -0.25) is 4.79 Å². The molecule has 5 heteroatoms. The van der Waals surface area contributed by atoms with E-state index in [1.807, 2.05) is 0 Å². The van der Waals surface area contributed by atoms with Crippen LogP contribution >= 0.6 is 23.2 Å². The van der Waals surface area contributed by atoms with Crippen molar-refractivity contribution in [1.29, 1.82) is 0 Å². The van der Waals surface area contributed by atoms with Gasteiger partial charge in [-0.05, 0) is 45.0 Å². The van der Waals surface area contributed by atoms with Crippen molar-refractivity contribution in [2.24, 2.45) is 0 Å². The zero-order chi connectivity index (χ0) is 14.5. The Morgan fingerprint density at radius 2 is 2.20 bits per heavy atom. The van der Waals surface area contributed by atoms with Gasteiger partial charge in [-0.2, -0.15) is 0 Å². The molecule has 0 bridgehead atoms. The quantitative estimate of drug-likeness (QED) is 0.767. The fraction of sp³-hybridized carbons (Fsp3) is 0.533. The summed E-state index contributed by atoms with van der Waals surface area (Å²) in [4.78, 5) is 13.4. The van der Waals surface area contributed by atoms with Crippen LogP contribution in [0.1, 0.15) is 36.0 Å². The minimum atomic E-state index is 0.386. The van der Waals surface area contributed by atoms with Gasteiger partial charge < -0.3 is 9.64 Å². The molecule has 1 aliphatic rings. The molecule has 3 nitrogen and oxygen atoms in total. The minimum absolute atomic E-state index is 0.386. The Kier molecular flexibility index (Phi) is 5.70. The first-order valence-corrected chi connectivity index (χ1v) is 7.64. The number of ether oxygens (including phenoxy) is 1. The molecule has 0 N–H and O–H groups in total. The Balaban J connectivity index is 1.95. The molecule has 1 saturated heterocycles. The number of halogens is 2. The molecule has 1 unspecified atom stereocenters. The molecule has 0 amide bonds. The predicted molar refractivity (Wildman–Crippen MR) is 82.2 cm³/mol. The summed E-state index contributed by atoms with van der Waals surface area (Å²) in [6.45, 7) is 1.70. The van der Waals surface area contributed by atoms with Crippen molar-refractivity contribution in [1.82, 2.24) is 4.90 Å². The lowest BCUT2D eigenvalue weighted by molar-refractivity contribution is 0.111. The van der Waals surface area contributed by atoms with E-state index in [0.717, 1.165) is 19.3 Å². The number of aldehydes is 1. The summed E-state index contributed by atoms with van der Waals surface area (Å²) in [5, 5.41) is 0.827. The van der Waals surface area contributed by atoms with Gasteiger partial charge in [0.15, 0.2) is 6.29 Å². The molecular weight excluding hydrogens is 297 g/mol. The second-order valence-corrected chi connectivity index (χ2v) is 6.03. The third-order valence-electron chi connectivity index (χ3n) is 3.78. The maximum atomic E-state index is 11.0. The summed E-state index contributed by atoms with van der Waals surface area (Å²) in [6, 6.07) is 3.72. The predicted octanol–water partition coefficient (Wildman–Crippen LogP) is 4.06. The maximum absolute atomic E-state index is 11.0. The summed E-state index contributed by atoms with van der Waals surface area (Å²) in [6.07, 6.45) is 5.41. The van der Waals surface area contributed by atoms with Crippen LogP contribution in [0, 0.1) is 0 Å². The molecule has 1 aromatic rings. The van der Waals surface area contributed by atoms with Crippen LogP contribution < -0.4 is 4.74 Å². The SMILES string of the molecule is CN1CCCCC1CCOc1c(Cl)cc(Cl)cc1C=O.